The van der Waals surface area contributed by atoms with Crippen molar-refractivity contribution >= 4 is 16.0 Å². The zero-order chi connectivity index (χ0) is 14.0. The van der Waals surface area contributed by atoms with Crippen molar-refractivity contribution in [3.8, 4) is 0 Å². The van der Waals surface area contributed by atoms with Gasteiger partial charge in [0, 0.05) is 12.6 Å². The Labute approximate surface area is 114 Å². The molecule has 3 atom stereocenters. The van der Waals surface area contributed by atoms with Crippen LogP contribution in [0.4, 0.5) is 0 Å². The number of likely N-dealkylation sites (tertiary alicyclic amines) is 1. The van der Waals surface area contributed by atoms with Gasteiger partial charge in [-0.1, -0.05) is 12.8 Å². The quantitative estimate of drug-likeness (QED) is 0.779. The lowest BCUT2D eigenvalue weighted by atomic mass is 9.76. The van der Waals surface area contributed by atoms with Crippen LogP contribution >= 0.6 is 0 Å². The second-order valence-corrected chi connectivity index (χ2v) is 7.38. The lowest BCUT2D eigenvalue weighted by Crippen LogP contribution is -2.56. The maximum atomic E-state index is 11.3. The standard InChI is InChI=1S/C12H22N2O4S/c13-19(17,18)8-7-14-10-4-2-1-3-9(10)5-6-11(14)12(15)16/h9-11H,1-8H2,(H,15,16)(H2,13,17,18). The van der Waals surface area contributed by atoms with Crippen molar-refractivity contribution in [1.29, 1.82) is 0 Å². The Morgan fingerprint density at radius 3 is 2.53 bits per heavy atom. The molecule has 110 valence electrons. The fourth-order valence-corrected chi connectivity index (χ4v) is 4.02. The maximum absolute atomic E-state index is 11.3. The number of fused-ring (bicyclic) bond motifs is 1. The van der Waals surface area contributed by atoms with Crippen molar-refractivity contribution in [2.75, 3.05) is 12.3 Å². The van der Waals surface area contributed by atoms with Crippen LogP contribution in [-0.2, 0) is 14.8 Å². The minimum Gasteiger partial charge on any atom is -0.480 e. The summed E-state index contributed by atoms with van der Waals surface area (Å²) in [7, 11) is -3.55. The SMILES string of the molecule is NS(=O)(=O)CCN1C(C(=O)O)CCC2CCCCC21. The van der Waals surface area contributed by atoms with Crippen molar-refractivity contribution in [2.24, 2.45) is 11.1 Å². The molecule has 0 aromatic heterocycles. The van der Waals surface area contributed by atoms with E-state index in [0.29, 0.717) is 12.3 Å². The number of nitrogens with two attached hydrogens (primary N) is 1. The summed E-state index contributed by atoms with van der Waals surface area (Å²) in [6, 6.07) is -0.341. The molecule has 0 aromatic rings. The van der Waals surface area contributed by atoms with Crippen LogP contribution in [0.25, 0.3) is 0 Å². The van der Waals surface area contributed by atoms with Crippen molar-refractivity contribution in [2.45, 2.75) is 50.6 Å². The van der Waals surface area contributed by atoms with Gasteiger partial charge in [-0.3, -0.25) is 9.69 Å². The molecule has 0 radical (unpaired) electrons. The molecular formula is C12H22N2O4S. The summed E-state index contributed by atoms with van der Waals surface area (Å²) in [4.78, 5) is 13.2. The molecule has 0 aromatic carbocycles. The molecule has 19 heavy (non-hydrogen) atoms. The largest absolute Gasteiger partial charge is 0.480 e. The van der Waals surface area contributed by atoms with Gasteiger partial charge in [-0.2, -0.15) is 0 Å². The highest BCUT2D eigenvalue weighted by Crippen LogP contribution is 2.37. The monoisotopic (exact) mass is 290 g/mol. The van der Waals surface area contributed by atoms with Crippen LogP contribution in [0.3, 0.4) is 0 Å². The van der Waals surface area contributed by atoms with Crippen molar-refractivity contribution in [1.82, 2.24) is 4.90 Å². The molecule has 6 nitrogen and oxygen atoms in total. The first-order valence-electron chi connectivity index (χ1n) is 6.87. The number of primary sulfonamides is 1. The predicted molar refractivity (Wildman–Crippen MR) is 71.1 cm³/mol. The average molecular weight is 290 g/mol. The fourth-order valence-electron chi connectivity index (χ4n) is 3.55. The van der Waals surface area contributed by atoms with Gasteiger partial charge in [-0.15, -0.1) is 0 Å². The van der Waals surface area contributed by atoms with E-state index in [0.717, 1.165) is 25.7 Å². The third-order valence-electron chi connectivity index (χ3n) is 4.43. The van der Waals surface area contributed by atoms with E-state index < -0.39 is 22.0 Å². The van der Waals surface area contributed by atoms with Crippen molar-refractivity contribution in [3.63, 3.8) is 0 Å². The summed E-state index contributed by atoms with van der Waals surface area (Å²) in [6.45, 7) is 0.233. The number of sulfonamides is 1. The molecule has 2 fully saturated rings. The Morgan fingerprint density at radius 2 is 1.89 bits per heavy atom. The molecule has 0 amide bonds. The van der Waals surface area contributed by atoms with Crippen LogP contribution in [-0.4, -0.2) is 48.8 Å². The van der Waals surface area contributed by atoms with E-state index >= 15 is 0 Å². The van der Waals surface area contributed by atoms with Gasteiger partial charge in [0.25, 0.3) is 0 Å². The van der Waals surface area contributed by atoms with Gasteiger partial charge < -0.3 is 5.11 Å². The number of rotatable bonds is 4. The highest BCUT2D eigenvalue weighted by molar-refractivity contribution is 7.89. The molecule has 1 aliphatic carbocycles. The topological polar surface area (TPSA) is 101 Å². The molecule has 1 saturated carbocycles. The summed E-state index contributed by atoms with van der Waals surface area (Å²) in [5, 5.41) is 14.3. The van der Waals surface area contributed by atoms with Crippen LogP contribution in [0.1, 0.15) is 38.5 Å². The first-order chi connectivity index (χ1) is 8.88. The average Bonchev–Trinajstić information content (AvgIpc) is 2.34. The molecule has 1 saturated heterocycles. The predicted octanol–water partition coefficient (Wildman–Crippen LogP) is 0.383. The Kier molecular flexibility index (Phi) is 4.47. The number of nitrogens with zero attached hydrogens (tertiary/aromatic N) is 1. The summed E-state index contributed by atoms with van der Waals surface area (Å²) in [6.07, 6.45) is 5.94. The highest BCUT2D eigenvalue weighted by Gasteiger charge is 2.41. The first kappa shape index (κ1) is 14.7. The van der Waals surface area contributed by atoms with E-state index in [9.17, 15) is 18.3 Å². The molecule has 1 aliphatic heterocycles. The molecule has 0 bridgehead atoms. The van der Waals surface area contributed by atoms with Gasteiger partial charge in [-0.05, 0) is 31.6 Å². The second-order valence-electron chi connectivity index (χ2n) is 5.65. The van der Waals surface area contributed by atoms with Gasteiger partial charge in [0.1, 0.15) is 6.04 Å². The van der Waals surface area contributed by atoms with E-state index in [4.69, 9.17) is 5.14 Å². The van der Waals surface area contributed by atoms with Crippen LogP contribution in [0.2, 0.25) is 0 Å². The molecule has 3 unspecified atom stereocenters. The minimum absolute atomic E-state index is 0.167. The lowest BCUT2D eigenvalue weighted by molar-refractivity contribution is -0.147. The highest BCUT2D eigenvalue weighted by atomic mass is 32.2. The number of aliphatic carboxylic acids is 1. The second kappa shape index (κ2) is 5.76. The summed E-state index contributed by atoms with van der Waals surface area (Å²) < 4.78 is 22.2. The molecule has 1 heterocycles. The number of hydrogen-bond acceptors (Lipinski definition) is 4. The van der Waals surface area contributed by atoms with Crippen molar-refractivity contribution < 1.29 is 18.3 Å². The van der Waals surface area contributed by atoms with E-state index in [1.165, 1.54) is 6.42 Å². The van der Waals surface area contributed by atoms with Crippen molar-refractivity contribution in [3.05, 3.63) is 0 Å². The van der Waals surface area contributed by atoms with E-state index in [-0.39, 0.29) is 18.3 Å². The van der Waals surface area contributed by atoms with Gasteiger partial charge in [-0.25, -0.2) is 13.6 Å². The van der Waals surface area contributed by atoms with Gasteiger partial charge in [0.05, 0.1) is 5.75 Å². The van der Waals surface area contributed by atoms with Crippen LogP contribution < -0.4 is 5.14 Å². The lowest BCUT2D eigenvalue weighted by Gasteiger charge is -2.47. The van der Waals surface area contributed by atoms with Crippen LogP contribution in [0.15, 0.2) is 0 Å². The molecule has 3 N–H and O–H groups in total. The van der Waals surface area contributed by atoms with E-state index in [1.807, 2.05) is 4.90 Å². The Balaban J connectivity index is 2.12. The minimum atomic E-state index is -3.55. The van der Waals surface area contributed by atoms with Crippen LogP contribution in [0.5, 0.6) is 0 Å². The Morgan fingerprint density at radius 1 is 1.21 bits per heavy atom. The molecule has 2 aliphatic rings. The number of carboxylic acid groups (broad SMARTS) is 1. The van der Waals surface area contributed by atoms with E-state index in [2.05, 4.69) is 0 Å². The summed E-state index contributed by atoms with van der Waals surface area (Å²) in [5.74, 6) is -0.497. The van der Waals surface area contributed by atoms with Gasteiger partial charge in [0.2, 0.25) is 10.0 Å². The molecular weight excluding hydrogens is 268 g/mol. The Bertz CT molecular complexity index is 437. The Hall–Kier alpha value is -0.660. The normalized spacial score (nSPS) is 32.8. The zero-order valence-electron chi connectivity index (χ0n) is 11.0. The zero-order valence-corrected chi connectivity index (χ0v) is 11.8. The van der Waals surface area contributed by atoms with Gasteiger partial charge >= 0.3 is 5.97 Å². The van der Waals surface area contributed by atoms with E-state index in [1.54, 1.807) is 0 Å². The maximum Gasteiger partial charge on any atom is 0.320 e. The smallest absolute Gasteiger partial charge is 0.320 e. The first-order valence-corrected chi connectivity index (χ1v) is 8.59. The third-order valence-corrected chi connectivity index (χ3v) is 5.18. The molecule has 7 heteroatoms. The number of hydrogen-bond donors (Lipinski definition) is 2. The number of carboxylic acids is 1. The molecule has 0 spiro atoms. The third kappa shape index (κ3) is 3.67. The molecule has 2 rings (SSSR count). The fraction of sp³-hybridized carbons (Fsp3) is 0.917. The summed E-state index contributed by atoms with van der Waals surface area (Å²) >= 11 is 0. The van der Waals surface area contributed by atoms with Crippen LogP contribution in [0, 0.1) is 5.92 Å². The number of carbonyl (C=O) groups is 1. The number of piperidine rings is 1. The van der Waals surface area contributed by atoms with Gasteiger partial charge in [0.15, 0.2) is 0 Å². The summed E-state index contributed by atoms with van der Waals surface area (Å²) in [5.41, 5.74) is 0.